The fourth-order valence-electron chi connectivity index (χ4n) is 2.43. The summed E-state index contributed by atoms with van der Waals surface area (Å²) in [5, 5.41) is 0. The fraction of sp³-hybridized carbons (Fsp3) is 0.400. The van der Waals surface area contributed by atoms with Crippen molar-refractivity contribution >= 4 is 9.84 Å². The number of halogens is 1. The third kappa shape index (κ3) is 5.29. The second-order valence-electron chi connectivity index (χ2n) is 7.44. The van der Waals surface area contributed by atoms with Gasteiger partial charge in [0.05, 0.1) is 4.90 Å². The van der Waals surface area contributed by atoms with Gasteiger partial charge in [-0.05, 0) is 46.4 Å². The molecule has 0 bridgehead atoms. The Morgan fingerprint density at radius 3 is 2.19 bits per heavy atom. The van der Waals surface area contributed by atoms with Crippen molar-refractivity contribution in [2.45, 2.75) is 37.3 Å². The molecular formula is C20H26FNO3S. The van der Waals surface area contributed by atoms with E-state index in [9.17, 15) is 12.8 Å². The van der Waals surface area contributed by atoms with E-state index in [0.717, 1.165) is 16.7 Å². The lowest BCUT2D eigenvalue weighted by Gasteiger charge is -2.22. The van der Waals surface area contributed by atoms with Crippen LogP contribution in [-0.4, -0.2) is 34.0 Å². The monoisotopic (exact) mass is 379 g/mol. The van der Waals surface area contributed by atoms with Gasteiger partial charge >= 0.3 is 0 Å². The van der Waals surface area contributed by atoms with E-state index >= 15 is 0 Å². The molecule has 0 radical (unpaired) electrons. The highest BCUT2D eigenvalue weighted by Crippen LogP contribution is 2.32. The Bertz CT molecular complexity index is 856. The van der Waals surface area contributed by atoms with Gasteiger partial charge in [-0.15, -0.1) is 0 Å². The van der Waals surface area contributed by atoms with Gasteiger partial charge in [0, 0.05) is 12.8 Å². The number of rotatable bonds is 6. The average molecular weight is 379 g/mol. The van der Waals surface area contributed by atoms with Crippen LogP contribution in [-0.2, 0) is 15.3 Å². The quantitative estimate of drug-likeness (QED) is 0.830. The van der Waals surface area contributed by atoms with Crippen molar-refractivity contribution in [1.29, 1.82) is 0 Å². The van der Waals surface area contributed by atoms with Gasteiger partial charge in [0.2, 0.25) is 0 Å². The van der Waals surface area contributed by atoms with E-state index in [2.05, 4.69) is 20.8 Å². The first-order valence-electron chi connectivity index (χ1n) is 8.43. The van der Waals surface area contributed by atoms with Crippen LogP contribution in [0.15, 0.2) is 47.4 Å². The molecule has 0 saturated carbocycles. The first-order valence-corrected chi connectivity index (χ1v) is 10.3. The van der Waals surface area contributed by atoms with Crippen molar-refractivity contribution in [2.75, 3.05) is 19.4 Å². The number of sulfone groups is 1. The van der Waals surface area contributed by atoms with Crippen molar-refractivity contribution < 1.29 is 17.5 Å². The highest BCUT2D eigenvalue weighted by Gasteiger charge is 2.17. The van der Waals surface area contributed by atoms with Gasteiger partial charge in [-0.3, -0.25) is 0 Å². The molecule has 2 aromatic rings. The fourth-order valence-corrected chi connectivity index (χ4v) is 3.06. The molecule has 0 aliphatic rings. The van der Waals surface area contributed by atoms with E-state index in [0.29, 0.717) is 5.75 Å². The van der Waals surface area contributed by atoms with E-state index in [-0.39, 0.29) is 23.5 Å². The summed E-state index contributed by atoms with van der Waals surface area (Å²) in [4.78, 5) is 0.271. The highest BCUT2D eigenvalue weighted by molar-refractivity contribution is 7.90. The molecule has 0 aromatic heterocycles. The number of benzene rings is 2. The Balaban J connectivity index is 2.43. The lowest BCUT2D eigenvalue weighted by atomic mass is 9.85. The van der Waals surface area contributed by atoms with Gasteiger partial charge in [0.25, 0.3) is 0 Å². The molecule has 0 aliphatic carbocycles. The van der Waals surface area contributed by atoms with Crippen molar-refractivity contribution in [1.82, 2.24) is 0 Å². The molecule has 1 atom stereocenters. The SMILES string of the molecule is CC(C)(C)c1cc(OC[C@H](F)CN)cc(-c2ccc(S(C)(=O)=O)cc2)c1. The molecule has 0 fully saturated rings. The van der Waals surface area contributed by atoms with Gasteiger partial charge in [-0.25, -0.2) is 12.8 Å². The van der Waals surface area contributed by atoms with Crippen LogP contribution in [0.5, 0.6) is 5.75 Å². The van der Waals surface area contributed by atoms with Gasteiger partial charge < -0.3 is 10.5 Å². The van der Waals surface area contributed by atoms with E-state index in [4.69, 9.17) is 10.5 Å². The lowest BCUT2D eigenvalue weighted by molar-refractivity contribution is 0.201. The summed E-state index contributed by atoms with van der Waals surface area (Å²) in [6, 6.07) is 12.5. The minimum atomic E-state index is -3.24. The minimum Gasteiger partial charge on any atom is -0.490 e. The van der Waals surface area contributed by atoms with Crippen LogP contribution in [0, 0.1) is 0 Å². The predicted octanol–water partition coefficient (Wildman–Crippen LogP) is 3.73. The van der Waals surface area contributed by atoms with Crippen molar-refractivity contribution in [3.63, 3.8) is 0 Å². The Hall–Kier alpha value is -1.92. The van der Waals surface area contributed by atoms with Gasteiger partial charge in [0.1, 0.15) is 18.5 Å². The number of hydrogen-bond acceptors (Lipinski definition) is 4. The topological polar surface area (TPSA) is 69.4 Å². The maximum absolute atomic E-state index is 13.4. The predicted molar refractivity (Wildman–Crippen MR) is 103 cm³/mol. The molecule has 0 unspecified atom stereocenters. The van der Waals surface area contributed by atoms with Crippen LogP contribution in [0.3, 0.4) is 0 Å². The molecule has 2 rings (SSSR count). The summed E-state index contributed by atoms with van der Waals surface area (Å²) in [6.07, 6.45) is -0.0373. The zero-order valence-electron chi connectivity index (χ0n) is 15.6. The summed E-state index contributed by atoms with van der Waals surface area (Å²) in [5.41, 5.74) is 7.97. The first-order chi connectivity index (χ1) is 12.0. The molecule has 0 heterocycles. The van der Waals surface area contributed by atoms with Crippen molar-refractivity contribution in [2.24, 2.45) is 5.73 Å². The maximum atomic E-state index is 13.4. The Morgan fingerprint density at radius 2 is 1.69 bits per heavy atom. The largest absolute Gasteiger partial charge is 0.490 e. The van der Waals surface area contributed by atoms with Crippen molar-refractivity contribution in [3.8, 4) is 16.9 Å². The van der Waals surface area contributed by atoms with Crippen LogP contribution >= 0.6 is 0 Å². The molecule has 2 aromatic carbocycles. The molecule has 0 saturated heterocycles. The molecule has 0 aliphatic heterocycles. The molecule has 26 heavy (non-hydrogen) atoms. The van der Waals surface area contributed by atoms with Crippen molar-refractivity contribution in [3.05, 3.63) is 48.0 Å². The zero-order valence-corrected chi connectivity index (χ0v) is 16.4. The van der Waals surface area contributed by atoms with Crippen LogP contribution in [0.1, 0.15) is 26.3 Å². The Labute approximate surface area is 155 Å². The standard InChI is InChI=1S/C20H26FNO3S/c1-20(2,3)16-9-15(10-18(11-16)25-13-17(21)12-22)14-5-7-19(8-6-14)26(4,23)24/h5-11,17H,12-13,22H2,1-4H3/t17-/m1/s1. The highest BCUT2D eigenvalue weighted by atomic mass is 32.2. The van der Waals surface area contributed by atoms with E-state index in [1.807, 2.05) is 18.2 Å². The molecule has 0 amide bonds. The zero-order chi connectivity index (χ0) is 19.5. The molecule has 142 valence electrons. The number of hydrogen-bond donors (Lipinski definition) is 1. The Morgan fingerprint density at radius 1 is 1.08 bits per heavy atom. The molecule has 6 heteroatoms. The summed E-state index contributed by atoms with van der Waals surface area (Å²) in [7, 11) is -3.24. The second kappa shape index (κ2) is 7.76. The summed E-state index contributed by atoms with van der Waals surface area (Å²) in [6.45, 7) is 6.07. The number of ether oxygens (including phenoxy) is 1. The van der Waals surface area contributed by atoms with Gasteiger partial charge in [-0.1, -0.05) is 39.0 Å². The smallest absolute Gasteiger partial charge is 0.175 e. The molecule has 0 spiro atoms. The van der Waals surface area contributed by atoms with Crippen LogP contribution in [0.4, 0.5) is 4.39 Å². The van der Waals surface area contributed by atoms with E-state index < -0.39 is 16.0 Å². The molecule has 4 nitrogen and oxygen atoms in total. The second-order valence-corrected chi connectivity index (χ2v) is 9.45. The minimum absolute atomic E-state index is 0.0846. The third-order valence-corrected chi connectivity index (χ3v) is 5.20. The van der Waals surface area contributed by atoms with Gasteiger partial charge in [0.15, 0.2) is 9.84 Å². The van der Waals surface area contributed by atoms with Crippen LogP contribution < -0.4 is 10.5 Å². The normalized spacial score (nSPS) is 13.5. The third-order valence-electron chi connectivity index (χ3n) is 4.07. The Kier molecular flexibility index (Phi) is 6.09. The summed E-state index contributed by atoms with van der Waals surface area (Å²) in [5.74, 6) is 0.565. The average Bonchev–Trinajstić information content (AvgIpc) is 2.58. The van der Waals surface area contributed by atoms with Crippen LogP contribution in [0.2, 0.25) is 0 Å². The summed E-state index contributed by atoms with van der Waals surface area (Å²) < 4.78 is 42.3. The summed E-state index contributed by atoms with van der Waals surface area (Å²) >= 11 is 0. The molecular weight excluding hydrogens is 353 g/mol. The molecule has 2 N–H and O–H groups in total. The number of alkyl halides is 1. The van der Waals surface area contributed by atoms with E-state index in [1.165, 1.54) is 6.26 Å². The lowest BCUT2D eigenvalue weighted by Crippen LogP contribution is -2.22. The first kappa shape index (κ1) is 20.4. The van der Waals surface area contributed by atoms with E-state index in [1.54, 1.807) is 24.3 Å². The number of nitrogens with two attached hydrogens (primary N) is 1. The van der Waals surface area contributed by atoms with Crippen LogP contribution in [0.25, 0.3) is 11.1 Å². The maximum Gasteiger partial charge on any atom is 0.175 e. The van der Waals surface area contributed by atoms with Gasteiger partial charge in [-0.2, -0.15) is 0 Å².